The molecule has 0 aromatic heterocycles. The van der Waals surface area contributed by atoms with Crippen molar-refractivity contribution in [1.29, 1.82) is 0 Å². The summed E-state index contributed by atoms with van der Waals surface area (Å²) < 4.78 is 15.9. The quantitative estimate of drug-likeness (QED) is 0.390. The number of nitrogens with two attached hydrogens (primary N) is 1. The first-order chi connectivity index (χ1) is 15.9. The zero-order valence-electron chi connectivity index (χ0n) is 18.6. The topological polar surface area (TPSA) is 125 Å². The van der Waals surface area contributed by atoms with Gasteiger partial charge in [-0.3, -0.25) is 9.59 Å². The van der Waals surface area contributed by atoms with Crippen molar-refractivity contribution in [2.45, 2.75) is 44.4 Å². The van der Waals surface area contributed by atoms with Gasteiger partial charge in [-0.2, -0.15) is 0 Å². The molecule has 9 heteroatoms. The van der Waals surface area contributed by atoms with Crippen molar-refractivity contribution >= 4 is 29.4 Å². The highest BCUT2D eigenvalue weighted by atomic mass is 16.6. The Bertz CT molecular complexity index is 1100. The van der Waals surface area contributed by atoms with E-state index < -0.39 is 23.3 Å². The van der Waals surface area contributed by atoms with Crippen LogP contribution in [0, 0.1) is 0 Å². The minimum atomic E-state index is -1.84. The fourth-order valence-electron chi connectivity index (χ4n) is 4.72. The van der Waals surface area contributed by atoms with Crippen LogP contribution in [0.4, 0.5) is 5.69 Å². The maximum atomic E-state index is 13.6. The number of para-hydroxylation sites is 1. The Labute approximate surface area is 191 Å². The van der Waals surface area contributed by atoms with Crippen molar-refractivity contribution in [2.24, 2.45) is 5.73 Å². The van der Waals surface area contributed by atoms with Gasteiger partial charge in [-0.25, -0.2) is 9.59 Å². The third-order valence-corrected chi connectivity index (χ3v) is 6.23. The number of allylic oxidation sites excluding steroid dienone is 1. The van der Waals surface area contributed by atoms with Gasteiger partial charge in [0, 0.05) is 24.1 Å². The van der Waals surface area contributed by atoms with E-state index in [1.54, 1.807) is 24.3 Å². The van der Waals surface area contributed by atoms with Gasteiger partial charge < -0.3 is 24.8 Å². The normalized spacial score (nSPS) is 21.7. The summed E-state index contributed by atoms with van der Waals surface area (Å²) in [6, 6.07) is 6.72. The zero-order chi connectivity index (χ0) is 23.8. The molecule has 1 aromatic rings. The molecule has 4 rings (SSSR count). The summed E-state index contributed by atoms with van der Waals surface area (Å²) in [6.45, 7) is 1.77. The fraction of sp³-hybridized carbons (Fsp3) is 0.417. The molecule has 1 spiro atoms. The molecule has 174 valence electrons. The molecule has 1 aliphatic carbocycles. The Hall–Kier alpha value is -3.62. The first-order valence-corrected chi connectivity index (χ1v) is 11.0. The van der Waals surface area contributed by atoms with E-state index in [2.05, 4.69) is 0 Å². The van der Waals surface area contributed by atoms with Gasteiger partial charge in [-0.15, -0.1) is 0 Å². The van der Waals surface area contributed by atoms with Crippen LogP contribution < -0.4 is 10.6 Å². The third kappa shape index (κ3) is 3.39. The largest absolute Gasteiger partial charge is 0.468 e. The number of hydrogen-bond donors (Lipinski definition) is 1. The molecule has 9 nitrogen and oxygen atoms in total. The molecule has 0 amide bonds. The summed E-state index contributed by atoms with van der Waals surface area (Å²) >= 11 is 0. The number of ketones is 1. The number of rotatable bonds is 6. The van der Waals surface area contributed by atoms with Crippen LogP contribution in [-0.4, -0.2) is 44.0 Å². The third-order valence-electron chi connectivity index (χ3n) is 6.23. The van der Waals surface area contributed by atoms with Gasteiger partial charge in [-0.05, 0) is 18.9 Å². The lowest BCUT2D eigenvalue weighted by Gasteiger charge is -2.41. The van der Waals surface area contributed by atoms with Crippen LogP contribution in [0.25, 0.3) is 0 Å². The molecule has 33 heavy (non-hydrogen) atoms. The smallest absolute Gasteiger partial charge is 0.339 e. The second kappa shape index (κ2) is 8.73. The molecular weight excluding hydrogens is 428 g/mol. The molecule has 0 saturated heterocycles. The SMILES string of the molecule is CCCCOC(=O)C1=C(N)N(CC(=O)OC)c2ccccc2C12C(=O)OC1=C2C(=O)CCC1. The van der Waals surface area contributed by atoms with E-state index in [-0.39, 0.29) is 48.1 Å². The average Bonchev–Trinajstić information content (AvgIpc) is 3.10. The number of hydrogen-bond acceptors (Lipinski definition) is 9. The summed E-state index contributed by atoms with van der Waals surface area (Å²) in [5, 5.41) is 0. The summed E-state index contributed by atoms with van der Waals surface area (Å²) in [7, 11) is 1.24. The van der Waals surface area contributed by atoms with Crippen molar-refractivity contribution < 1.29 is 33.4 Å². The fourth-order valence-corrected chi connectivity index (χ4v) is 4.72. The molecule has 0 fully saturated rings. The predicted molar refractivity (Wildman–Crippen MR) is 117 cm³/mol. The maximum Gasteiger partial charge on any atom is 0.339 e. The number of Topliss-reactive ketones (excluding diaryl/α,β-unsaturated/α-hetero) is 1. The molecule has 3 aliphatic rings. The number of fused-ring (bicyclic) bond motifs is 3. The Morgan fingerprint density at radius 3 is 2.70 bits per heavy atom. The van der Waals surface area contributed by atoms with Crippen molar-refractivity contribution in [3.63, 3.8) is 0 Å². The average molecular weight is 454 g/mol. The van der Waals surface area contributed by atoms with Crippen molar-refractivity contribution in [2.75, 3.05) is 25.2 Å². The van der Waals surface area contributed by atoms with Crippen LogP contribution in [0.5, 0.6) is 0 Å². The molecule has 2 N–H and O–H groups in total. The first-order valence-electron chi connectivity index (χ1n) is 11.0. The van der Waals surface area contributed by atoms with Crippen molar-refractivity contribution in [3.8, 4) is 0 Å². The van der Waals surface area contributed by atoms with Crippen LogP contribution in [-0.2, 0) is 38.8 Å². The number of carbonyl (C=O) groups is 4. The monoisotopic (exact) mass is 454 g/mol. The van der Waals surface area contributed by atoms with E-state index in [1.807, 2.05) is 6.92 Å². The molecule has 0 saturated carbocycles. The summed E-state index contributed by atoms with van der Waals surface area (Å²) in [6.07, 6.45) is 2.59. The number of benzene rings is 1. The number of carbonyl (C=O) groups excluding carboxylic acids is 4. The van der Waals surface area contributed by atoms with Gasteiger partial charge in [0.05, 0.1) is 19.3 Å². The highest BCUT2D eigenvalue weighted by Gasteiger charge is 2.63. The first kappa shape index (κ1) is 22.6. The van der Waals surface area contributed by atoms with Crippen LogP contribution in [0.2, 0.25) is 0 Å². The summed E-state index contributed by atoms with van der Waals surface area (Å²) in [4.78, 5) is 53.7. The van der Waals surface area contributed by atoms with Gasteiger partial charge in [0.25, 0.3) is 0 Å². The van der Waals surface area contributed by atoms with E-state index in [1.165, 1.54) is 12.0 Å². The van der Waals surface area contributed by atoms with Crippen LogP contribution in [0.3, 0.4) is 0 Å². The van der Waals surface area contributed by atoms with Gasteiger partial charge in [0.15, 0.2) is 11.2 Å². The molecular formula is C24H26N2O7. The highest BCUT2D eigenvalue weighted by molar-refractivity contribution is 6.18. The minimum Gasteiger partial charge on any atom is -0.468 e. The highest BCUT2D eigenvalue weighted by Crippen LogP contribution is 2.55. The number of nitrogens with zero attached hydrogens (tertiary/aromatic N) is 1. The van der Waals surface area contributed by atoms with Gasteiger partial charge >= 0.3 is 17.9 Å². The molecule has 1 unspecified atom stereocenters. The number of methoxy groups -OCH3 is 1. The Kier molecular flexibility index (Phi) is 5.97. The molecule has 1 aromatic carbocycles. The molecule has 2 aliphatic heterocycles. The lowest BCUT2D eigenvalue weighted by molar-refractivity contribution is -0.146. The van der Waals surface area contributed by atoms with E-state index in [0.29, 0.717) is 30.5 Å². The Balaban J connectivity index is 2.00. The summed E-state index contributed by atoms with van der Waals surface area (Å²) in [5.74, 6) is -2.34. The van der Waals surface area contributed by atoms with Crippen LogP contribution >= 0.6 is 0 Å². The van der Waals surface area contributed by atoms with E-state index in [0.717, 1.165) is 6.42 Å². The Morgan fingerprint density at radius 1 is 1.21 bits per heavy atom. The van der Waals surface area contributed by atoms with E-state index in [9.17, 15) is 19.2 Å². The van der Waals surface area contributed by atoms with Gasteiger partial charge in [0.2, 0.25) is 0 Å². The second-order valence-electron chi connectivity index (χ2n) is 8.14. The number of unbranched alkanes of at least 4 members (excludes halogenated alkanes) is 1. The van der Waals surface area contributed by atoms with Crippen molar-refractivity contribution in [3.05, 3.63) is 52.6 Å². The number of esters is 3. The summed E-state index contributed by atoms with van der Waals surface area (Å²) in [5.41, 5.74) is 5.33. The van der Waals surface area contributed by atoms with E-state index in [4.69, 9.17) is 19.9 Å². The van der Waals surface area contributed by atoms with Crippen molar-refractivity contribution in [1.82, 2.24) is 0 Å². The molecule has 0 radical (unpaired) electrons. The standard InChI is InChI=1S/C24H26N2O7/c1-3-4-12-32-22(29)20-21(25)26(13-18(28)31-2)15-9-6-5-8-14(15)24(20)19-16(27)10-7-11-17(19)33-23(24)30/h5-6,8-9H,3-4,7,10-13,25H2,1-2H3. The Morgan fingerprint density at radius 2 is 1.97 bits per heavy atom. The van der Waals surface area contributed by atoms with Crippen LogP contribution in [0.15, 0.2) is 47.0 Å². The van der Waals surface area contributed by atoms with Gasteiger partial charge in [-0.1, -0.05) is 31.5 Å². The minimum absolute atomic E-state index is 0.121. The maximum absolute atomic E-state index is 13.6. The molecule has 2 heterocycles. The molecule has 1 atom stereocenters. The van der Waals surface area contributed by atoms with E-state index >= 15 is 0 Å². The van der Waals surface area contributed by atoms with Gasteiger partial charge in [0.1, 0.15) is 23.7 Å². The lowest BCUT2D eigenvalue weighted by atomic mass is 9.64. The lowest BCUT2D eigenvalue weighted by Crippen LogP contribution is -2.51. The predicted octanol–water partition coefficient (Wildman–Crippen LogP) is 1.99. The molecule has 0 bridgehead atoms. The number of anilines is 1. The van der Waals surface area contributed by atoms with Crippen LogP contribution in [0.1, 0.15) is 44.6 Å². The second-order valence-corrected chi connectivity index (χ2v) is 8.14. The zero-order valence-corrected chi connectivity index (χ0v) is 18.6. The number of ether oxygens (including phenoxy) is 3.